The summed E-state index contributed by atoms with van der Waals surface area (Å²) >= 11 is 1.45. The first-order valence-electron chi connectivity index (χ1n) is 8.59. The van der Waals surface area contributed by atoms with Crippen LogP contribution in [0.2, 0.25) is 0 Å². The van der Waals surface area contributed by atoms with Crippen LogP contribution < -0.4 is 10.6 Å². The second-order valence-corrected chi connectivity index (χ2v) is 8.20. The van der Waals surface area contributed by atoms with Crippen LogP contribution in [0.1, 0.15) is 32.8 Å². The highest BCUT2D eigenvalue weighted by atomic mass is 35.5. The smallest absolute Gasteiger partial charge is 0.227 e. The number of carbonyl (C=O) groups is 1. The van der Waals surface area contributed by atoms with Crippen LogP contribution in [0.3, 0.4) is 0 Å². The van der Waals surface area contributed by atoms with Gasteiger partial charge in [-0.3, -0.25) is 4.79 Å². The zero-order valence-electron chi connectivity index (χ0n) is 15.4. The van der Waals surface area contributed by atoms with Crippen molar-refractivity contribution >= 4 is 34.8 Å². The van der Waals surface area contributed by atoms with E-state index in [9.17, 15) is 4.79 Å². The number of halogens is 1. The average molecular weight is 396 g/mol. The number of aromatic nitrogens is 1. The minimum atomic E-state index is -0.0352. The topological polar surface area (TPSA) is 63.2 Å². The Hall–Kier alpha value is -1.47. The predicted molar refractivity (Wildman–Crippen MR) is 109 cm³/mol. The standard InChI is InChI=1S/C19H25N3O2S.ClH/c1-19(2,3)14-6-4-13(5-7-14)16-12-25-18(21-16)22-17(23)10-15-11-24-9-8-20-15;/h4-7,12,15,20H,8-11H2,1-3H3,(H,21,22,23);1H. The summed E-state index contributed by atoms with van der Waals surface area (Å²) in [6.45, 7) is 8.68. The fourth-order valence-corrected chi connectivity index (χ4v) is 3.49. The molecular formula is C19H26ClN3O2S. The summed E-state index contributed by atoms with van der Waals surface area (Å²) in [5.74, 6) is -0.0352. The van der Waals surface area contributed by atoms with Gasteiger partial charge >= 0.3 is 0 Å². The van der Waals surface area contributed by atoms with Gasteiger partial charge in [-0.2, -0.15) is 0 Å². The highest BCUT2D eigenvalue weighted by Gasteiger charge is 2.18. The van der Waals surface area contributed by atoms with Gasteiger partial charge in [0.1, 0.15) is 0 Å². The number of anilines is 1. The van der Waals surface area contributed by atoms with Gasteiger partial charge in [-0.1, -0.05) is 45.0 Å². The molecule has 0 aliphatic carbocycles. The van der Waals surface area contributed by atoms with Gasteiger partial charge in [0, 0.05) is 30.0 Å². The van der Waals surface area contributed by atoms with Crippen LogP contribution in [0.25, 0.3) is 11.3 Å². The molecular weight excluding hydrogens is 370 g/mol. The third-order valence-corrected chi connectivity index (χ3v) is 4.99. The maximum Gasteiger partial charge on any atom is 0.227 e. The first-order chi connectivity index (χ1) is 11.9. The van der Waals surface area contributed by atoms with E-state index in [-0.39, 0.29) is 29.8 Å². The number of thiazole rings is 1. The van der Waals surface area contributed by atoms with Gasteiger partial charge in [-0.05, 0) is 11.0 Å². The van der Waals surface area contributed by atoms with E-state index in [1.165, 1.54) is 16.9 Å². The minimum absolute atomic E-state index is 0. The quantitative estimate of drug-likeness (QED) is 0.825. The fourth-order valence-electron chi connectivity index (χ4n) is 2.75. The fraction of sp³-hybridized carbons (Fsp3) is 0.474. The van der Waals surface area contributed by atoms with Crippen molar-refractivity contribution in [2.75, 3.05) is 25.1 Å². The van der Waals surface area contributed by atoms with E-state index in [4.69, 9.17) is 4.74 Å². The number of hydrogen-bond acceptors (Lipinski definition) is 5. The molecule has 1 atom stereocenters. The predicted octanol–water partition coefficient (Wildman–Crippen LogP) is 3.85. The molecule has 1 unspecified atom stereocenters. The zero-order chi connectivity index (χ0) is 17.9. The summed E-state index contributed by atoms with van der Waals surface area (Å²) in [5, 5.41) is 8.78. The molecule has 1 amide bonds. The Morgan fingerprint density at radius 1 is 1.35 bits per heavy atom. The molecule has 1 aliphatic heterocycles. The third-order valence-electron chi connectivity index (χ3n) is 4.23. The molecule has 2 heterocycles. The second kappa shape index (κ2) is 8.95. The largest absolute Gasteiger partial charge is 0.378 e. The maximum atomic E-state index is 12.1. The van der Waals surface area contributed by atoms with Crippen LogP contribution in [0, 0.1) is 0 Å². The Bertz CT molecular complexity index is 719. The molecule has 5 nitrogen and oxygen atoms in total. The van der Waals surface area contributed by atoms with E-state index in [0.29, 0.717) is 24.8 Å². The molecule has 26 heavy (non-hydrogen) atoms. The average Bonchev–Trinajstić information content (AvgIpc) is 3.03. The molecule has 1 fully saturated rings. The second-order valence-electron chi connectivity index (χ2n) is 7.34. The minimum Gasteiger partial charge on any atom is -0.378 e. The number of ether oxygens (including phenoxy) is 1. The maximum absolute atomic E-state index is 12.1. The third kappa shape index (κ3) is 5.51. The number of nitrogens with one attached hydrogen (secondary N) is 2. The van der Waals surface area contributed by atoms with Crippen molar-refractivity contribution in [3.05, 3.63) is 35.2 Å². The Balaban J connectivity index is 0.00000243. The van der Waals surface area contributed by atoms with Crippen LogP contribution in [0.15, 0.2) is 29.6 Å². The summed E-state index contributed by atoms with van der Waals surface area (Å²) in [7, 11) is 0. The monoisotopic (exact) mass is 395 g/mol. The molecule has 1 aromatic heterocycles. The number of benzene rings is 1. The number of rotatable bonds is 4. The Labute approximate surface area is 165 Å². The van der Waals surface area contributed by atoms with E-state index >= 15 is 0 Å². The molecule has 0 radical (unpaired) electrons. The first kappa shape index (κ1) is 20.8. The van der Waals surface area contributed by atoms with Crippen molar-refractivity contribution in [2.24, 2.45) is 0 Å². The molecule has 0 spiro atoms. The van der Waals surface area contributed by atoms with Gasteiger partial charge in [0.05, 0.1) is 18.9 Å². The molecule has 3 rings (SSSR count). The summed E-state index contributed by atoms with van der Waals surface area (Å²) in [6, 6.07) is 8.54. The van der Waals surface area contributed by atoms with Gasteiger partial charge in [0.15, 0.2) is 5.13 Å². The van der Waals surface area contributed by atoms with E-state index in [2.05, 4.69) is 60.7 Å². The highest BCUT2D eigenvalue weighted by Crippen LogP contribution is 2.28. The Morgan fingerprint density at radius 2 is 2.08 bits per heavy atom. The highest BCUT2D eigenvalue weighted by molar-refractivity contribution is 7.14. The number of carbonyl (C=O) groups excluding carboxylic acids is 1. The van der Waals surface area contributed by atoms with Crippen molar-refractivity contribution in [3.8, 4) is 11.3 Å². The van der Waals surface area contributed by atoms with Crippen molar-refractivity contribution < 1.29 is 9.53 Å². The van der Waals surface area contributed by atoms with Gasteiger partial charge in [0.25, 0.3) is 0 Å². The number of nitrogens with zero attached hydrogens (tertiary/aromatic N) is 1. The van der Waals surface area contributed by atoms with Gasteiger partial charge < -0.3 is 15.4 Å². The van der Waals surface area contributed by atoms with E-state index in [1.54, 1.807) is 0 Å². The van der Waals surface area contributed by atoms with Crippen molar-refractivity contribution in [2.45, 2.75) is 38.6 Å². The molecule has 0 saturated carbocycles. The lowest BCUT2D eigenvalue weighted by molar-refractivity contribution is -0.117. The Kier molecular flexibility index (Phi) is 7.17. The molecule has 7 heteroatoms. The normalized spacial score (nSPS) is 17.4. The zero-order valence-corrected chi connectivity index (χ0v) is 17.0. The molecule has 0 bridgehead atoms. The summed E-state index contributed by atoms with van der Waals surface area (Å²) in [6.07, 6.45) is 0.398. The molecule has 1 saturated heterocycles. The van der Waals surface area contributed by atoms with Gasteiger partial charge in [-0.15, -0.1) is 23.7 Å². The lowest BCUT2D eigenvalue weighted by atomic mass is 9.86. The summed E-state index contributed by atoms with van der Waals surface area (Å²) in [5.41, 5.74) is 3.38. The molecule has 1 aliphatic rings. The molecule has 142 valence electrons. The Morgan fingerprint density at radius 3 is 2.69 bits per heavy atom. The van der Waals surface area contributed by atoms with Crippen LogP contribution >= 0.6 is 23.7 Å². The van der Waals surface area contributed by atoms with Crippen molar-refractivity contribution in [3.63, 3.8) is 0 Å². The van der Waals surface area contributed by atoms with Crippen molar-refractivity contribution in [1.82, 2.24) is 10.3 Å². The first-order valence-corrected chi connectivity index (χ1v) is 9.47. The SMILES string of the molecule is CC(C)(C)c1ccc(-c2csc(NC(=O)CC3COCCN3)n2)cc1.Cl. The van der Waals surface area contributed by atoms with Crippen molar-refractivity contribution in [1.29, 1.82) is 0 Å². The molecule has 1 aromatic carbocycles. The number of hydrogen-bond donors (Lipinski definition) is 2. The molecule has 2 N–H and O–H groups in total. The van der Waals surface area contributed by atoms with Crippen LogP contribution in [0.4, 0.5) is 5.13 Å². The summed E-state index contributed by atoms with van der Waals surface area (Å²) < 4.78 is 5.37. The summed E-state index contributed by atoms with van der Waals surface area (Å²) in [4.78, 5) is 16.7. The number of amides is 1. The van der Waals surface area contributed by atoms with Crippen LogP contribution in [-0.2, 0) is 14.9 Å². The van der Waals surface area contributed by atoms with Gasteiger partial charge in [-0.25, -0.2) is 4.98 Å². The van der Waals surface area contributed by atoms with Crippen LogP contribution in [0.5, 0.6) is 0 Å². The molecule has 2 aromatic rings. The van der Waals surface area contributed by atoms with Crippen LogP contribution in [-0.4, -0.2) is 36.7 Å². The van der Waals surface area contributed by atoms with E-state index in [1.807, 2.05) is 5.38 Å². The lowest BCUT2D eigenvalue weighted by Gasteiger charge is -2.22. The van der Waals surface area contributed by atoms with E-state index < -0.39 is 0 Å². The van der Waals surface area contributed by atoms with Gasteiger partial charge in [0.2, 0.25) is 5.91 Å². The van der Waals surface area contributed by atoms with E-state index in [0.717, 1.165) is 17.8 Å². The number of morpholine rings is 1. The lowest BCUT2D eigenvalue weighted by Crippen LogP contribution is -2.43.